The maximum atomic E-state index is 12.1. The summed E-state index contributed by atoms with van der Waals surface area (Å²) in [7, 11) is 0. The van der Waals surface area contributed by atoms with Gasteiger partial charge in [0.15, 0.2) is 0 Å². The Bertz CT molecular complexity index is 936. The molecule has 3 rings (SSSR count). The second-order valence-corrected chi connectivity index (χ2v) is 5.38. The SMILES string of the molecule is O=C(O)c1cccn1C(=O)Oc1cc(Cl)c2ccc(Cl)cc2n1. The van der Waals surface area contributed by atoms with E-state index in [4.69, 9.17) is 33.0 Å². The highest BCUT2D eigenvalue weighted by Crippen LogP contribution is 2.28. The van der Waals surface area contributed by atoms with Crippen molar-refractivity contribution in [2.75, 3.05) is 0 Å². The molecule has 2 heterocycles. The second kappa shape index (κ2) is 5.91. The lowest BCUT2D eigenvalue weighted by atomic mass is 10.2. The summed E-state index contributed by atoms with van der Waals surface area (Å²) in [4.78, 5) is 27.3. The van der Waals surface area contributed by atoms with Crippen molar-refractivity contribution in [2.24, 2.45) is 0 Å². The van der Waals surface area contributed by atoms with E-state index in [9.17, 15) is 9.59 Å². The molecule has 116 valence electrons. The summed E-state index contributed by atoms with van der Waals surface area (Å²) in [5, 5.41) is 10.5. The van der Waals surface area contributed by atoms with Gasteiger partial charge in [0.2, 0.25) is 5.88 Å². The van der Waals surface area contributed by atoms with E-state index >= 15 is 0 Å². The Kier molecular flexibility index (Phi) is 3.94. The largest absolute Gasteiger partial charge is 0.477 e. The molecule has 3 aromatic rings. The molecule has 0 bridgehead atoms. The van der Waals surface area contributed by atoms with Crippen LogP contribution < -0.4 is 4.74 Å². The number of rotatable bonds is 2. The molecular formula is C15H8Cl2N2O4. The fraction of sp³-hybridized carbons (Fsp3) is 0. The molecule has 1 aromatic carbocycles. The van der Waals surface area contributed by atoms with Gasteiger partial charge in [-0.25, -0.2) is 19.1 Å². The molecule has 0 atom stereocenters. The van der Waals surface area contributed by atoms with Crippen molar-refractivity contribution in [3.05, 3.63) is 58.3 Å². The van der Waals surface area contributed by atoms with Crippen LogP contribution in [0.4, 0.5) is 4.79 Å². The van der Waals surface area contributed by atoms with E-state index in [0.29, 0.717) is 20.9 Å². The summed E-state index contributed by atoms with van der Waals surface area (Å²) in [6.07, 6.45) is 0.378. The van der Waals surface area contributed by atoms with Crippen LogP contribution >= 0.6 is 23.2 Å². The summed E-state index contributed by atoms with van der Waals surface area (Å²) in [5.41, 5.74) is 0.240. The topological polar surface area (TPSA) is 81.4 Å². The van der Waals surface area contributed by atoms with Gasteiger partial charge in [-0.3, -0.25) is 0 Å². The monoisotopic (exact) mass is 350 g/mol. The Morgan fingerprint density at radius 1 is 1.17 bits per heavy atom. The Labute approximate surface area is 139 Å². The molecule has 23 heavy (non-hydrogen) atoms. The van der Waals surface area contributed by atoms with Crippen molar-refractivity contribution in [1.82, 2.24) is 9.55 Å². The molecule has 0 spiro atoms. The van der Waals surface area contributed by atoms with Crippen LogP contribution in [0, 0.1) is 0 Å². The van der Waals surface area contributed by atoms with Crippen LogP contribution in [0.2, 0.25) is 10.0 Å². The average Bonchev–Trinajstić information content (AvgIpc) is 2.96. The highest BCUT2D eigenvalue weighted by molar-refractivity contribution is 6.36. The summed E-state index contributed by atoms with van der Waals surface area (Å²) in [5.74, 6) is -1.30. The van der Waals surface area contributed by atoms with Gasteiger partial charge in [0.1, 0.15) is 5.69 Å². The van der Waals surface area contributed by atoms with E-state index in [1.54, 1.807) is 18.2 Å². The number of pyridine rings is 1. The molecule has 8 heteroatoms. The van der Waals surface area contributed by atoms with Gasteiger partial charge in [-0.15, -0.1) is 0 Å². The number of carboxylic acid groups (broad SMARTS) is 1. The van der Waals surface area contributed by atoms with Crippen LogP contribution in [-0.2, 0) is 0 Å². The zero-order valence-electron chi connectivity index (χ0n) is 11.4. The second-order valence-electron chi connectivity index (χ2n) is 4.54. The number of benzene rings is 1. The lowest BCUT2D eigenvalue weighted by Gasteiger charge is -2.08. The van der Waals surface area contributed by atoms with Crippen molar-refractivity contribution < 1.29 is 19.4 Å². The van der Waals surface area contributed by atoms with Gasteiger partial charge < -0.3 is 9.84 Å². The van der Waals surface area contributed by atoms with Crippen molar-refractivity contribution in [1.29, 1.82) is 0 Å². The van der Waals surface area contributed by atoms with Gasteiger partial charge in [0.05, 0.1) is 10.5 Å². The highest BCUT2D eigenvalue weighted by atomic mass is 35.5. The third-order valence-electron chi connectivity index (χ3n) is 3.05. The first kappa shape index (κ1) is 15.3. The number of hydrogen-bond donors (Lipinski definition) is 1. The van der Waals surface area contributed by atoms with E-state index in [0.717, 1.165) is 4.57 Å². The van der Waals surface area contributed by atoms with Crippen LogP contribution in [0.3, 0.4) is 0 Å². The minimum atomic E-state index is -1.25. The number of aromatic nitrogens is 2. The minimum Gasteiger partial charge on any atom is -0.477 e. The molecule has 6 nitrogen and oxygen atoms in total. The first-order valence-electron chi connectivity index (χ1n) is 6.34. The van der Waals surface area contributed by atoms with E-state index in [-0.39, 0.29) is 11.6 Å². The van der Waals surface area contributed by atoms with Crippen molar-refractivity contribution >= 4 is 46.2 Å². The molecule has 0 unspecified atom stereocenters. The fourth-order valence-electron chi connectivity index (χ4n) is 2.04. The third kappa shape index (κ3) is 2.99. The molecule has 0 aliphatic carbocycles. The normalized spacial score (nSPS) is 10.7. The summed E-state index contributed by atoms with van der Waals surface area (Å²) in [6, 6.07) is 9.03. The average molecular weight is 351 g/mol. The van der Waals surface area contributed by atoms with Crippen molar-refractivity contribution in [3.63, 3.8) is 0 Å². The number of ether oxygens (including phenoxy) is 1. The molecule has 0 fully saturated rings. The lowest BCUT2D eigenvalue weighted by Crippen LogP contribution is -2.20. The van der Waals surface area contributed by atoms with Crippen molar-refractivity contribution in [3.8, 4) is 5.88 Å². The Morgan fingerprint density at radius 2 is 1.96 bits per heavy atom. The van der Waals surface area contributed by atoms with E-state index in [2.05, 4.69) is 4.98 Å². The molecule has 2 aromatic heterocycles. The van der Waals surface area contributed by atoms with Gasteiger partial charge in [-0.05, 0) is 30.3 Å². The number of carbonyl (C=O) groups is 2. The number of fused-ring (bicyclic) bond motifs is 1. The molecule has 1 N–H and O–H groups in total. The predicted octanol–water partition coefficient (Wildman–Crippen LogP) is 4.09. The van der Waals surface area contributed by atoms with E-state index < -0.39 is 12.1 Å². The predicted molar refractivity (Wildman–Crippen MR) is 84.6 cm³/mol. The fourth-order valence-corrected chi connectivity index (χ4v) is 2.46. The maximum absolute atomic E-state index is 12.1. The van der Waals surface area contributed by atoms with Crippen LogP contribution in [0.5, 0.6) is 5.88 Å². The first-order valence-corrected chi connectivity index (χ1v) is 7.10. The number of hydrogen-bond acceptors (Lipinski definition) is 4. The molecule has 0 aliphatic rings. The van der Waals surface area contributed by atoms with Gasteiger partial charge in [0.25, 0.3) is 0 Å². The Balaban J connectivity index is 1.96. The number of carboxylic acids is 1. The number of carbonyl (C=O) groups excluding carboxylic acids is 1. The van der Waals surface area contributed by atoms with Crippen LogP contribution in [0.25, 0.3) is 10.9 Å². The van der Waals surface area contributed by atoms with Gasteiger partial charge >= 0.3 is 12.1 Å². The van der Waals surface area contributed by atoms with E-state index in [1.165, 1.54) is 24.4 Å². The summed E-state index contributed by atoms with van der Waals surface area (Å²) >= 11 is 12.0. The smallest absolute Gasteiger partial charge is 0.425 e. The van der Waals surface area contributed by atoms with Crippen LogP contribution in [0.15, 0.2) is 42.6 Å². The summed E-state index contributed by atoms with van der Waals surface area (Å²) in [6.45, 7) is 0. The number of aromatic carboxylic acids is 1. The molecular weight excluding hydrogens is 343 g/mol. The van der Waals surface area contributed by atoms with Gasteiger partial charge in [-0.1, -0.05) is 23.2 Å². The van der Waals surface area contributed by atoms with Crippen LogP contribution in [-0.4, -0.2) is 26.7 Å². The van der Waals surface area contributed by atoms with Gasteiger partial charge in [-0.2, -0.15) is 0 Å². The van der Waals surface area contributed by atoms with Crippen LogP contribution in [0.1, 0.15) is 10.5 Å². The highest BCUT2D eigenvalue weighted by Gasteiger charge is 2.17. The molecule has 0 saturated heterocycles. The standard InChI is InChI=1S/C15H8Cl2N2O4/c16-8-3-4-9-10(17)7-13(18-11(9)6-8)23-15(22)19-5-1-2-12(19)14(20)21/h1-7H,(H,20,21). The third-order valence-corrected chi connectivity index (χ3v) is 3.60. The zero-order chi connectivity index (χ0) is 16.6. The first-order chi connectivity index (χ1) is 11.0. The van der Waals surface area contributed by atoms with Crippen molar-refractivity contribution in [2.45, 2.75) is 0 Å². The summed E-state index contributed by atoms with van der Waals surface area (Å²) < 4.78 is 5.96. The van der Waals surface area contributed by atoms with E-state index in [1.807, 2.05) is 0 Å². The zero-order valence-corrected chi connectivity index (χ0v) is 12.9. The number of nitrogens with zero attached hydrogens (tertiary/aromatic N) is 2. The number of halogens is 2. The quantitative estimate of drug-likeness (QED) is 0.752. The Morgan fingerprint density at radius 3 is 2.70 bits per heavy atom. The lowest BCUT2D eigenvalue weighted by molar-refractivity contribution is 0.0684. The molecule has 0 amide bonds. The van der Waals surface area contributed by atoms with Gasteiger partial charge in [0, 0.05) is 22.7 Å². The maximum Gasteiger partial charge on any atom is 0.425 e. The Hall–Kier alpha value is -2.57. The molecule has 0 radical (unpaired) electrons. The molecule has 0 aliphatic heterocycles. The minimum absolute atomic E-state index is 0.0557. The molecule has 0 saturated carbocycles.